The Kier molecular flexibility index (Phi) is 3.70. The normalized spacial score (nSPS) is 23.2. The van der Waals surface area contributed by atoms with Gasteiger partial charge < -0.3 is 10.6 Å². The van der Waals surface area contributed by atoms with E-state index in [1.54, 1.807) is 0 Å². The van der Waals surface area contributed by atoms with Gasteiger partial charge in [0.15, 0.2) is 0 Å². The van der Waals surface area contributed by atoms with Crippen LogP contribution < -0.4 is 10.6 Å². The van der Waals surface area contributed by atoms with Gasteiger partial charge in [0.25, 0.3) is 0 Å². The van der Waals surface area contributed by atoms with Crippen LogP contribution in [0.3, 0.4) is 0 Å². The molecule has 1 aromatic carbocycles. The number of nitrogens with zero attached hydrogens (tertiary/aromatic N) is 2. The summed E-state index contributed by atoms with van der Waals surface area (Å²) in [6.07, 6.45) is 3.91. The molecule has 104 valence electrons. The van der Waals surface area contributed by atoms with E-state index in [4.69, 9.17) is 17.3 Å². The second-order valence-corrected chi connectivity index (χ2v) is 6.17. The van der Waals surface area contributed by atoms with E-state index in [2.05, 4.69) is 21.9 Å². The zero-order valence-electron chi connectivity index (χ0n) is 11.3. The molecular formula is C15H22ClN3. The second kappa shape index (κ2) is 5.31. The average Bonchev–Trinajstić information content (AvgIpc) is 2.40. The van der Waals surface area contributed by atoms with Crippen LogP contribution in [-0.4, -0.2) is 43.2 Å². The lowest BCUT2D eigenvalue weighted by atomic mass is 9.75. The smallest absolute Gasteiger partial charge is 0.0407 e. The van der Waals surface area contributed by atoms with Gasteiger partial charge in [-0.25, -0.2) is 0 Å². The molecule has 0 amide bonds. The van der Waals surface area contributed by atoms with Crippen LogP contribution in [0.2, 0.25) is 5.02 Å². The van der Waals surface area contributed by atoms with E-state index >= 15 is 0 Å². The molecule has 1 saturated heterocycles. The number of nitrogens with two attached hydrogens (primary N) is 1. The summed E-state index contributed by atoms with van der Waals surface area (Å²) in [5.41, 5.74) is 7.59. The first-order valence-corrected chi connectivity index (χ1v) is 7.57. The van der Waals surface area contributed by atoms with Crippen molar-refractivity contribution in [2.24, 2.45) is 5.73 Å². The second-order valence-electron chi connectivity index (χ2n) is 5.73. The largest absolute Gasteiger partial charge is 0.369 e. The lowest BCUT2D eigenvalue weighted by molar-refractivity contribution is 0.0192. The lowest BCUT2D eigenvalue weighted by Crippen LogP contribution is -2.63. The van der Waals surface area contributed by atoms with Crippen LogP contribution >= 0.6 is 11.6 Å². The lowest BCUT2D eigenvalue weighted by Gasteiger charge is -2.52. The Morgan fingerprint density at radius 3 is 2.16 bits per heavy atom. The topological polar surface area (TPSA) is 32.5 Å². The molecule has 0 aromatic heterocycles. The Balaban J connectivity index is 1.61. The van der Waals surface area contributed by atoms with E-state index in [1.807, 2.05) is 12.1 Å². The zero-order valence-corrected chi connectivity index (χ0v) is 12.1. The van der Waals surface area contributed by atoms with Crippen LogP contribution in [-0.2, 0) is 0 Å². The SMILES string of the molecule is NCC1(N2CCN(c3ccc(Cl)cc3)CC2)CCC1. The van der Waals surface area contributed by atoms with Gasteiger partial charge in [0, 0.05) is 49.0 Å². The predicted octanol–water partition coefficient (Wildman–Crippen LogP) is 2.34. The molecule has 3 nitrogen and oxygen atoms in total. The fourth-order valence-corrected chi connectivity index (χ4v) is 3.45. The van der Waals surface area contributed by atoms with Crippen LogP contribution in [0.1, 0.15) is 19.3 Å². The highest BCUT2D eigenvalue weighted by atomic mass is 35.5. The van der Waals surface area contributed by atoms with Gasteiger partial charge in [-0.05, 0) is 43.5 Å². The third-order valence-electron chi connectivity index (χ3n) is 4.81. The molecule has 0 unspecified atom stereocenters. The minimum Gasteiger partial charge on any atom is -0.369 e. The van der Waals surface area contributed by atoms with Crippen molar-refractivity contribution in [1.82, 2.24) is 4.90 Å². The Bertz CT molecular complexity index is 414. The van der Waals surface area contributed by atoms with E-state index in [1.165, 1.54) is 24.9 Å². The van der Waals surface area contributed by atoms with Crippen molar-refractivity contribution >= 4 is 17.3 Å². The molecule has 0 bridgehead atoms. The highest BCUT2D eigenvalue weighted by Gasteiger charge is 2.42. The molecule has 1 aliphatic carbocycles. The predicted molar refractivity (Wildman–Crippen MR) is 80.9 cm³/mol. The van der Waals surface area contributed by atoms with Gasteiger partial charge in [0.05, 0.1) is 0 Å². The molecule has 0 spiro atoms. The van der Waals surface area contributed by atoms with Gasteiger partial charge in [-0.1, -0.05) is 11.6 Å². The van der Waals surface area contributed by atoms with Gasteiger partial charge >= 0.3 is 0 Å². The monoisotopic (exact) mass is 279 g/mol. The van der Waals surface area contributed by atoms with Crippen LogP contribution in [0, 0.1) is 0 Å². The third kappa shape index (κ3) is 2.47. The summed E-state index contributed by atoms with van der Waals surface area (Å²) < 4.78 is 0. The van der Waals surface area contributed by atoms with Crippen molar-refractivity contribution in [2.45, 2.75) is 24.8 Å². The summed E-state index contributed by atoms with van der Waals surface area (Å²) in [5.74, 6) is 0. The number of rotatable bonds is 3. The molecule has 3 rings (SSSR count). The highest BCUT2D eigenvalue weighted by Crippen LogP contribution is 2.37. The highest BCUT2D eigenvalue weighted by molar-refractivity contribution is 6.30. The number of halogens is 1. The van der Waals surface area contributed by atoms with Gasteiger partial charge in [-0.2, -0.15) is 0 Å². The quantitative estimate of drug-likeness (QED) is 0.922. The standard InChI is InChI=1S/C15H22ClN3/c16-13-2-4-14(5-3-13)18-8-10-19(11-9-18)15(12-17)6-1-7-15/h2-5H,1,6-12,17H2. The number of hydrogen-bond donors (Lipinski definition) is 1. The van der Waals surface area contributed by atoms with Crippen LogP contribution in [0.25, 0.3) is 0 Å². The maximum atomic E-state index is 5.99. The van der Waals surface area contributed by atoms with Crippen molar-refractivity contribution in [2.75, 3.05) is 37.6 Å². The Morgan fingerprint density at radius 1 is 1.05 bits per heavy atom. The molecule has 1 saturated carbocycles. The summed E-state index contributed by atoms with van der Waals surface area (Å²) in [5, 5.41) is 0.805. The van der Waals surface area contributed by atoms with E-state index in [0.717, 1.165) is 37.7 Å². The zero-order chi connectivity index (χ0) is 13.3. The molecule has 2 N–H and O–H groups in total. The number of hydrogen-bond acceptors (Lipinski definition) is 3. The first-order valence-electron chi connectivity index (χ1n) is 7.19. The number of piperazine rings is 1. The summed E-state index contributed by atoms with van der Waals surface area (Å²) >= 11 is 5.94. The minimum absolute atomic E-state index is 0.325. The molecule has 1 aromatic rings. The molecule has 1 aliphatic heterocycles. The first-order chi connectivity index (χ1) is 9.23. The number of benzene rings is 1. The summed E-state index contributed by atoms with van der Waals surface area (Å²) in [7, 11) is 0. The molecular weight excluding hydrogens is 258 g/mol. The fourth-order valence-electron chi connectivity index (χ4n) is 3.33. The Labute approximate surface area is 120 Å². The average molecular weight is 280 g/mol. The van der Waals surface area contributed by atoms with E-state index in [-0.39, 0.29) is 0 Å². The fraction of sp³-hybridized carbons (Fsp3) is 0.600. The molecule has 1 heterocycles. The molecule has 2 aliphatic rings. The van der Waals surface area contributed by atoms with Crippen LogP contribution in [0.4, 0.5) is 5.69 Å². The van der Waals surface area contributed by atoms with Crippen molar-refractivity contribution in [1.29, 1.82) is 0 Å². The van der Waals surface area contributed by atoms with Crippen LogP contribution in [0.5, 0.6) is 0 Å². The van der Waals surface area contributed by atoms with E-state index < -0.39 is 0 Å². The summed E-state index contributed by atoms with van der Waals surface area (Å²) in [4.78, 5) is 5.05. The van der Waals surface area contributed by atoms with Gasteiger partial charge in [0.2, 0.25) is 0 Å². The molecule has 0 radical (unpaired) electrons. The van der Waals surface area contributed by atoms with Crippen molar-refractivity contribution in [3.05, 3.63) is 29.3 Å². The van der Waals surface area contributed by atoms with Crippen molar-refractivity contribution in [3.63, 3.8) is 0 Å². The molecule has 0 atom stereocenters. The first kappa shape index (κ1) is 13.2. The Hall–Kier alpha value is -0.770. The molecule has 4 heteroatoms. The Morgan fingerprint density at radius 2 is 1.68 bits per heavy atom. The van der Waals surface area contributed by atoms with E-state index in [0.29, 0.717) is 5.54 Å². The van der Waals surface area contributed by atoms with Crippen LogP contribution in [0.15, 0.2) is 24.3 Å². The molecule has 19 heavy (non-hydrogen) atoms. The maximum absolute atomic E-state index is 5.99. The number of anilines is 1. The van der Waals surface area contributed by atoms with Gasteiger partial charge in [-0.15, -0.1) is 0 Å². The maximum Gasteiger partial charge on any atom is 0.0407 e. The summed E-state index contributed by atoms with van der Waals surface area (Å²) in [6.45, 7) is 5.24. The minimum atomic E-state index is 0.325. The van der Waals surface area contributed by atoms with E-state index in [9.17, 15) is 0 Å². The third-order valence-corrected chi connectivity index (χ3v) is 5.06. The molecule has 2 fully saturated rings. The van der Waals surface area contributed by atoms with Crippen molar-refractivity contribution in [3.8, 4) is 0 Å². The summed E-state index contributed by atoms with van der Waals surface area (Å²) in [6, 6.07) is 8.16. The van der Waals surface area contributed by atoms with Gasteiger partial charge in [-0.3, -0.25) is 4.90 Å². The van der Waals surface area contributed by atoms with Crippen molar-refractivity contribution < 1.29 is 0 Å². The van der Waals surface area contributed by atoms with Gasteiger partial charge in [0.1, 0.15) is 0 Å².